The summed E-state index contributed by atoms with van der Waals surface area (Å²) < 4.78 is 4.05. The van der Waals surface area contributed by atoms with Crippen LogP contribution < -0.4 is 5.32 Å². The maximum atomic E-state index is 13.3. The number of aromatic nitrogens is 4. The Morgan fingerprint density at radius 1 is 1.37 bits per heavy atom. The van der Waals surface area contributed by atoms with Crippen molar-refractivity contribution in [1.29, 1.82) is 0 Å². The molecule has 1 saturated heterocycles. The first-order valence-corrected chi connectivity index (χ1v) is 10.5. The van der Waals surface area contributed by atoms with Crippen molar-refractivity contribution in [3.8, 4) is 0 Å². The number of hydrogen-bond acceptors (Lipinski definition) is 5. The molecule has 1 aromatic carbocycles. The van der Waals surface area contributed by atoms with Crippen LogP contribution in [0.15, 0.2) is 36.7 Å². The van der Waals surface area contributed by atoms with E-state index in [2.05, 4.69) is 21.1 Å². The fourth-order valence-corrected chi connectivity index (χ4v) is 4.18. The summed E-state index contributed by atoms with van der Waals surface area (Å²) in [5.41, 5.74) is 1.95. The molecule has 7 nitrogen and oxygen atoms in total. The molecule has 3 heterocycles. The van der Waals surface area contributed by atoms with Crippen molar-refractivity contribution >= 4 is 28.7 Å². The normalized spacial score (nSPS) is 17.6. The molecule has 0 spiro atoms. The molecular weight excluding hydrogens is 360 g/mol. The van der Waals surface area contributed by atoms with Crippen molar-refractivity contribution < 1.29 is 4.79 Å². The van der Waals surface area contributed by atoms with Gasteiger partial charge in [-0.05, 0) is 18.4 Å². The number of thioether (sulfide) groups is 1. The van der Waals surface area contributed by atoms with Gasteiger partial charge in [0.2, 0.25) is 5.91 Å². The first kappa shape index (κ1) is 18.1. The molecule has 0 saturated carbocycles. The molecule has 3 aromatic rings. The lowest BCUT2D eigenvalue weighted by Gasteiger charge is -2.36. The highest BCUT2D eigenvalue weighted by Crippen LogP contribution is 2.23. The third-order valence-corrected chi connectivity index (χ3v) is 5.57. The third-order valence-electron chi connectivity index (χ3n) is 5.02. The van der Waals surface area contributed by atoms with Gasteiger partial charge in [-0.1, -0.05) is 12.1 Å². The van der Waals surface area contributed by atoms with E-state index in [1.807, 2.05) is 47.0 Å². The molecule has 2 aromatic heterocycles. The summed E-state index contributed by atoms with van der Waals surface area (Å²) in [5, 5.41) is 3.39. The zero-order chi connectivity index (χ0) is 18.8. The lowest BCUT2D eigenvalue weighted by atomic mass is 10.1. The Labute approximate surface area is 162 Å². The van der Waals surface area contributed by atoms with Crippen LogP contribution in [0.5, 0.6) is 0 Å². The van der Waals surface area contributed by atoms with Crippen molar-refractivity contribution in [3.63, 3.8) is 0 Å². The van der Waals surface area contributed by atoms with E-state index in [9.17, 15) is 4.79 Å². The average Bonchev–Trinajstić information content (AvgIpc) is 3.26. The summed E-state index contributed by atoms with van der Waals surface area (Å²) in [7, 11) is 1.97. The summed E-state index contributed by atoms with van der Waals surface area (Å²) >= 11 is 1.72. The van der Waals surface area contributed by atoms with Crippen LogP contribution in [-0.4, -0.2) is 55.8 Å². The minimum Gasteiger partial charge on any atom is -0.336 e. The van der Waals surface area contributed by atoms with E-state index in [1.54, 1.807) is 18.0 Å². The second-order valence-corrected chi connectivity index (χ2v) is 7.61. The van der Waals surface area contributed by atoms with Gasteiger partial charge in [-0.15, -0.1) is 0 Å². The molecule has 1 fully saturated rings. The maximum Gasteiger partial charge on any atom is 0.243 e. The molecule has 142 valence electrons. The van der Waals surface area contributed by atoms with Crippen molar-refractivity contribution in [2.75, 3.05) is 25.9 Å². The van der Waals surface area contributed by atoms with Gasteiger partial charge < -0.3 is 19.4 Å². The molecule has 1 aliphatic heterocycles. The number of imidazole rings is 2. The predicted octanol–water partition coefficient (Wildman–Crippen LogP) is 1.81. The fraction of sp³-hybridized carbons (Fsp3) is 0.421. The standard InChI is InChI=1S/C19H24N6OS/c1-23-9-8-21-19(23)16-11-20-7-10-24(16)18(26)12-25-15-6-4-3-5-14(15)22-17(25)13-27-2/h3-6,8-9,16,20H,7,10-13H2,1-2H3. The summed E-state index contributed by atoms with van der Waals surface area (Å²) in [6, 6.07) is 7.97. The molecule has 1 amide bonds. The zero-order valence-corrected chi connectivity index (χ0v) is 16.4. The molecule has 1 aliphatic rings. The van der Waals surface area contributed by atoms with Crippen LogP contribution in [0, 0.1) is 0 Å². The zero-order valence-electron chi connectivity index (χ0n) is 15.6. The van der Waals surface area contributed by atoms with Crippen LogP contribution in [0.25, 0.3) is 11.0 Å². The van der Waals surface area contributed by atoms with Gasteiger partial charge in [-0.2, -0.15) is 11.8 Å². The fourth-order valence-electron chi connectivity index (χ4n) is 3.70. The van der Waals surface area contributed by atoms with E-state index in [0.29, 0.717) is 13.1 Å². The monoisotopic (exact) mass is 384 g/mol. The number of nitrogens with zero attached hydrogens (tertiary/aromatic N) is 5. The second-order valence-electron chi connectivity index (χ2n) is 6.74. The highest BCUT2D eigenvalue weighted by Gasteiger charge is 2.31. The minimum absolute atomic E-state index is 0.0509. The predicted molar refractivity (Wildman–Crippen MR) is 107 cm³/mol. The number of piperazine rings is 1. The maximum absolute atomic E-state index is 13.3. The molecule has 0 radical (unpaired) electrons. The number of nitrogens with one attached hydrogen (secondary N) is 1. The van der Waals surface area contributed by atoms with Crippen LogP contribution in [0.1, 0.15) is 17.7 Å². The second kappa shape index (κ2) is 7.74. The van der Waals surface area contributed by atoms with Crippen LogP contribution in [0.2, 0.25) is 0 Å². The SMILES string of the molecule is CSCc1nc2ccccc2n1CC(=O)N1CCNCC1c1nccn1C. The smallest absolute Gasteiger partial charge is 0.243 e. The number of carbonyl (C=O) groups excluding carboxylic acids is 1. The molecule has 1 N–H and O–H groups in total. The Hall–Kier alpha value is -2.32. The summed E-state index contributed by atoms with van der Waals surface area (Å²) in [5.74, 6) is 2.75. The number of rotatable bonds is 5. The van der Waals surface area contributed by atoms with Gasteiger partial charge in [0.05, 0.1) is 16.8 Å². The molecular formula is C19H24N6OS. The first-order chi connectivity index (χ1) is 13.2. The van der Waals surface area contributed by atoms with Gasteiger partial charge in [0, 0.05) is 39.1 Å². The first-order valence-electron chi connectivity index (χ1n) is 9.09. The summed E-state index contributed by atoms with van der Waals surface area (Å²) in [6.45, 7) is 2.51. The molecule has 0 aliphatic carbocycles. The molecule has 0 bridgehead atoms. The van der Waals surface area contributed by atoms with Gasteiger partial charge in [0.25, 0.3) is 0 Å². The summed E-state index contributed by atoms with van der Waals surface area (Å²) in [4.78, 5) is 24.4. The van der Waals surface area contributed by atoms with Crippen molar-refractivity contribution in [1.82, 2.24) is 29.3 Å². The van der Waals surface area contributed by atoms with Gasteiger partial charge >= 0.3 is 0 Å². The Kier molecular flexibility index (Phi) is 5.18. The molecule has 8 heteroatoms. The van der Waals surface area contributed by atoms with Crippen molar-refractivity contribution in [3.05, 3.63) is 48.3 Å². The van der Waals surface area contributed by atoms with E-state index in [0.717, 1.165) is 41.5 Å². The Morgan fingerprint density at radius 2 is 2.22 bits per heavy atom. The van der Waals surface area contributed by atoms with Gasteiger partial charge in [-0.25, -0.2) is 9.97 Å². The number of benzene rings is 1. The topological polar surface area (TPSA) is 68.0 Å². The summed E-state index contributed by atoms with van der Waals surface area (Å²) in [6.07, 6.45) is 5.76. The van der Waals surface area contributed by atoms with E-state index >= 15 is 0 Å². The van der Waals surface area contributed by atoms with Crippen LogP contribution >= 0.6 is 11.8 Å². The average molecular weight is 385 g/mol. The Bertz CT molecular complexity index is 949. The lowest BCUT2D eigenvalue weighted by molar-refractivity contribution is -0.135. The van der Waals surface area contributed by atoms with E-state index in [4.69, 9.17) is 4.98 Å². The number of para-hydroxylation sites is 2. The largest absolute Gasteiger partial charge is 0.336 e. The number of aryl methyl sites for hydroxylation is 1. The third kappa shape index (κ3) is 3.46. The highest BCUT2D eigenvalue weighted by molar-refractivity contribution is 7.97. The number of fused-ring (bicyclic) bond motifs is 1. The van der Waals surface area contributed by atoms with Crippen LogP contribution in [0.3, 0.4) is 0 Å². The van der Waals surface area contributed by atoms with Crippen molar-refractivity contribution in [2.24, 2.45) is 7.05 Å². The van der Waals surface area contributed by atoms with E-state index < -0.39 is 0 Å². The Balaban J connectivity index is 1.64. The lowest BCUT2D eigenvalue weighted by Crippen LogP contribution is -2.50. The van der Waals surface area contributed by atoms with Gasteiger partial charge in [0.15, 0.2) is 0 Å². The Morgan fingerprint density at radius 3 is 3.00 bits per heavy atom. The molecule has 4 rings (SSSR count). The number of hydrogen-bond donors (Lipinski definition) is 1. The quantitative estimate of drug-likeness (QED) is 0.727. The van der Waals surface area contributed by atoms with Crippen LogP contribution in [-0.2, 0) is 24.1 Å². The minimum atomic E-state index is -0.0509. The van der Waals surface area contributed by atoms with E-state index in [1.165, 1.54) is 0 Å². The number of carbonyl (C=O) groups is 1. The number of amides is 1. The van der Waals surface area contributed by atoms with Crippen LogP contribution in [0.4, 0.5) is 0 Å². The molecule has 1 unspecified atom stereocenters. The highest BCUT2D eigenvalue weighted by atomic mass is 32.2. The van der Waals surface area contributed by atoms with Crippen molar-refractivity contribution in [2.45, 2.75) is 18.3 Å². The molecule has 1 atom stereocenters. The van der Waals surface area contributed by atoms with Gasteiger partial charge in [0.1, 0.15) is 24.2 Å². The molecule has 27 heavy (non-hydrogen) atoms. The van der Waals surface area contributed by atoms with E-state index in [-0.39, 0.29) is 11.9 Å². The van der Waals surface area contributed by atoms with Gasteiger partial charge in [-0.3, -0.25) is 4.79 Å².